The first-order valence-corrected chi connectivity index (χ1v) is 8.22. The summed E-state index contributed by atoms with van der Waals surface area (Å²) in [5.74, 6) is 0.0601. The minimum atomic E-state index is -0.0910. The highest BCUT2D eigenvalue weighted by Gasteiger charge is 2.46. The van der Waals surface area contributed by atoms with Crippen molar-refractivity contribution in [2.75, 3.05) is 7.11 Å². The van der Waals surface area contributed by atoms with Crippen molar-refractivity contribution in [3.05, 3.63) is 48.4 Å². The van der Waals surface area contributed by atoms with E-state index in [0.29, 0.717) is 6.04 Å². The van der Waals surface area contributed by atoms with Gasteiger partial charge in [0.2, 0.25) is 0 Å². The van der Waals surface area contributed by atoms with Crippen molar-refractivity contribution >= 4 is 5.97 Å². The van der Waals surface area contributed by atoms with Crippen molar-refractivity contribution in [3.63, 3.8) is 0 Å². The monoisotopic (exact) mass is 311 g/mol. The molecule has 0 saturated carbocycles. The Morgan fingerprint density at radius 2 is 2.00 bits per heavy atom. The van der Waals surface area contributed by atoms with E-state index in [1.807, 2.05) is 6.07 Å². The van der Waals surface area contributed by atoms with Gasteiger partial charge in [-0.05, 0) is 36.5 Å². The number of piperidine rings is 1. The fourth-order valence-electron chi connectivity index (χ4n) is 4.21. The number of methoxy groups -OCH3 is 1. The average molecular weight is 311 g/mol. The summed E-state index contributed by atoms with van der Waals surface area (Å²) in [6, 6.07) is 11.2. The fraction of sp³-hybridized carbons (Fsp3) is 0.421. The Labute approximate surface area is 135 Å². The van der Waals surface area contributed by atoms with Crippen LogP contribution in [0.5, 0.6) is 0 Å². The molecule has 23 heavy (non-hydrogen) atoms. The predicted octanol–water partition coefficient (Wildman–Crippen LogP) is 3.34. The van der Waals surface area contributed by atoms with Crippen LogP contribution in [-0.2, 0) is 9.53 Å². The Morgan fingerprint density at radius 1 is 1.17 bits per heavy atom. The molecule has 0 spiro atoms. The summed E-state index contributed by atoms with van der Waals surface area (Å²) in [7, 11) is 1.49. The number of hydrogen-bond acceptors (Lipinski definition) is 4. The summed E-state index contributed by atoms with van der Waals surface area (Å²) in [6.45, 7) is 0. The molecule has 4 unspecified atom stereocenters. The van der Waals surface area contributed by atoms with Crippen LogP contribution in [0.2, 0.25) is 0 Å². The van der Waals surface area contributed by atoms with Crippen molar-refractivity contribution in [3.8, 4) is 11.1 Å². The molecule has 3 heterocycles. The molecule has 0 amide bonds. The SMILES string of the molecule is COC(=O)C1C2CCC(CC1c1ccc(-c3ccoc3)cc1)N2. The van der Waals surface area contributed by atoms with Crippen LogP contribution >= 0.6 is 0 Å². The van der Waals surface area contributed by atoms with Crippen molar-refractivity contribution in [2.24, 2.45) is 5.92 Å². The van der Waals surface area contributed by atoms with E-state index in [9.17, 15) is 4.79 Å². The molecule has 4 rings (SSSR count). The lowest BCUT2D eigenvalue weighted by Crippen LogP contribution is -2.48. The molecule has 0 aliphatic carbocycles. The van der Waals surface area contributed by atoms with Gasteiger partial charge in [-0.15, -0.1) is 0 Å². The summed E-state index contributed by atoms with van der Waals surface area (Å²) in [6.07, 6.45) is 6.65. The molecule has 4 nitrogen and oxygen atoms in total. The molecule has 2 aliphatic rings. The van der Waals surface area contributed by atoms with E-state index in [-0.39, 0.29) is 23.8 Å². The van der Waals surface area contributed by atoms with Crippen LogP contribution in [0.25, 0.3) is 11.1 Å². The first-order valence-electron chi connectivity index (χ1n) is 8.22. The molecule has 4 atom stereocenters. The zero-order valence-electron chi connectivity index (χ0n) is 13.2. The van der Waals surface area contributed by atoms with Gasteiger partial charge < -0.3 is 14.5 Å². The van der Waals surface area contributed by atoms with E-state index < -0.39 is 0 Å². The van der Waals surface area contributed by atoms with Crippen LogP contribution in [0.3, 0.4) is 0 Å². The van der Waals surface area contributed by atoms with Crippen LogP contribution in [0.15, 0.2) is 47.3 Å². The average Bonchev–Trinajstić information content (AvgIpc) is 3.25. The number of carbonyl (C=O) groups is 1. The maximum atomic E-state index is 12.3. The van der Waals surface area contributed by atoms with E-state index in [4.69, 9.17) is 9.15 Å². The fourth-order valence-corrected chi connectivity index (χ4v) is 4.21. The van der Waals surface area contributed by atoms with Crippen LogP contribution in [-0.4, -0.2) is 25.2 Å². The molecule has 4 heteroatoms. The predicted molar refractivity (Wildman–Crippen MR) is 87.0 cm³/mol. The third-order valence-electron chi connectivity index (χ3n) is 5.35. The zero-order valence-corrected chi connectivity index (χ0v) is 13.2. The van der Waals surface area contributed by atoms with E-state index in [1.165, 1.54) is 12.7 Å². The van der Waals surface area contributed by atoms with Gasteiger partial charge in [-0.1, -0.05) is 24.3 Å². The normalized spacial score (nSPS) is 29.4. The largest absolute Gasteiger partial charge is 0.472 e. The number of hydrogen-bond donors (Lipinski definition) is 1. The van der Waals surface area contributed by atoms with E-state index in [1.54, 1.807) is 12.5 Å². The van der Waals surface area contributed by atoms with Gasteiger partial charge in [-0.25, -0.2) is 0 Å². The summed E-state index contributed by atoms with van der Waals surface area (Å²) in [5, 5.41) is 3.58. The minimum Gasteiger partial charge on any atom is -0.472 e. The van der Waals surface area contributed by atoms with Gasteiger partial charge in [0.05, 0.1) is 25.6 Å². The van der Waals surface area contributed by atoms with Gasteiger partial charge in [-0.3, -0.25) is 4.79 Å². The summed E-state index contributed by atoms with van der Waals surface area (Å²) >= 11 is 0. The first kappa shape index (κ1) is 14.5. The molecule has 2 saturated heterocycles. The number of esters is 1. The van der Waals surface area contributed by atoms with Gasteiger partial charge >= 0.3 is 5.97 Å². The summed E-state index contributed by atoms with van der Waals surface area (Å²) in [5.41, 5.74) is 3.44. The van der Waals surface area contributed by atoms with Gasteiger partial charge in [-0.2, -0.15) is 0 Å². The van der Waals surface area contributed by atoms with Gasteiger partial charge in [0, 0.05) is 23.6 Å². The van der Waals surface area contributed by atoms with Crippen molar-refractivity contribution < 1.29 is 13.9 Å². The summed E-state index contributed by atoms with van der Waals surface area (Å²) in [4.78, 5) is 12.3. The molecular weight excluding hydrogens is 290 g/mol. The molecule has 120 valence electrons. The third-order valence-corrected chi connectivity index (χ3v) is 5.35. The van der Waals surface area contributed by atoms with E-state index in [2.05, 4.69) is 29.6 Å². The highest BCUT2D eigenvalue weighted by molar-refractivity contribution is 5.75. The molecule has 2 aliphatic heterocycles. The maximum absolute atomic E-state index is 12.3. The van der Waals surface area contributed by atoms with Crippen molar-refractivity contribution in [1.29, 1.82) is 0 Å². The third kappa shape index (κ3) is 2.57. The molecule has 2 aromatic rings. The number of ether oxygens (including phenoxy) is 1. The molecule has 1 aromatic heterocycles. The molecule has 2 bridgehead atoms. The van der Waals surface area contributed by atoms with Crippen LogP contribution in [0.1, 0.15) is 30.7 Å². The van der Waals surface area contributed by atoms with E-state index in [0.717, 1.165) is 30.4 Å². The second kappa shape index (κ2) is 5.85. The lowest BCUT2D eigenvalue weighted by Gasteiger charge is -2.36. The van der Waals surface area contributed by atoms with Gasteiger partial charge in [0.25, 0.3) is 0 Å². The summed E-state index contributed by atoms with van der Waals surface area (Å²) < 4.78 is 10.2. The smallest absolute Gasteiger partial charge is 0.310 e. The lowest BCUT2D eigenvalue weighted by molar-refractivity contribution is -0.148. The Kier molecular flexibility index (Phi) is 3.69. The van der Waals surface area contributed by atoms with E-state index >= 15 is 0 Å². The zero-order chi connectivity index (χ0) is 15.8. The second-order valence-corrected chi connectivity index (χ2v) is 6.57. The standard InChI is InChI=1S/C19H21NO3/c1-22-19(21)18-16(10-15-6-7-17(18)20-15)13-4-2-12(3-5-13)14-8-9-23-11-14/h2-5,8-9,11,15-18,20H,6-7,10H2,1H3. The number of furan rings is 1. The van der Waals surface area contributed by atoms with Crippen LogP contribution in [0, 0.1) is 5.92 Å². The second-order valence-electron chi connectivity index (χ2n) is 6.57. The highest BCUT2D eigenvalue weighted by Crippen LogP contribution is 2.42. The number of benzene rings is 1. The topological polar surface area (TPSA) is 51.5 Å². The maximum Gasteiger partial charge on any atom is 0.310 e. The Morgan fingerprint density at radius 3 is 2.70 bits per heavy atom. The number of fused-ring (bicyclic) bond motifs is 2. The molecule has 1 aromatic carbocycles. The van der Waals surface area contributed by atoms with Crippen molar-refractivity contribution in [1.82, 2.24) is 5.32 Å². The van der Waals surface area contributed by atoms with Crippen molar-refractivity contribution in [2.45, 2.75) is 37.3 Å². The lowest BCUT2D eigenvalue weighted by atomic mass is 9.77. The molecule has 2 fully saturated rings. The number of rotatable bonds is 3. The first-order chi connectivity index (χ1) is 11.3. The molecule has 0 radical (unpaired) electrons. The Bertz CT molecular complexity index is 677. The Hall–Kier alpha value is -2.07. The van der Waals surface area contributed by atoms with Crippen LogP contribution in [0.4, 0.5) is 0 Å². The highest BCUT2D eigenvalue weighted by atomic mass is 16.5. The van der Waals surface area contributed by atoms with Gasteiger partial charge in [0.1, 0.15) is 0 Å². The van der Waals surface area contributed by atoms with Crippen LogP contribution < -0.4 is 5.32 Å². The molecule has 1 N–H and O–H groups in total. The minimum absolute atomic E-state index is 0.0847. The number of carbonyl (C=O) groups excluding carboxylic acids is 1. The Balaban J connectivity index is 1.63. The number of nitrogens with one attached hydrogen (secondary N) is 1. The van der Waals surface area contributed by atoms with Gasteiger partial charge in [0.15, 0.2) is 0 Å². The molecular formula is C19H21NO3. The quantitative estimate of drug-likeness (QED) is 0.883.